The van der Waals surface area contributed by atoms with Gasteiger partial charge in [0.1, 0.15) is 0 Å². The van der Waals surface area contributed by atoms with Crippen LogP contribution in [0.5, 0.6) is 0 Å². The van der Waals surface area contributed by atoms with E-state index in [2.05, 4.69) is 6.92 Å². The smallest absolute Gasteiger partial charge is 0.0540 e. The van der Waals surface area contributed by atoms with E-state index >= 15 is 0 Å². The largest absolute Gasteiger partial charge is 0.393 e. The minimum atomic E-state index is -0.0761. The predicted octanol–water partition coefficient (Wildman–Crippen LogP) is 2.58. The van der Waals surface area contributed by atoms with Crippen molar-refractivity contribution in [2.24, 2.45) is 11.8 Å². The first-order valence-corrected chi connectivity index (χ1v) is 4.92. The lowest BCUT2D eigenvalue weighted by Gasteiger charge is -2.29. The van der Waals surface area contributed by atoms with Gasteiger partial charge in [-0.3, -0.25) is 0 Å². The maximum atomic E-state index is 9.34. The molecule has 11 heavy (non-hydrogen) atoms. The number of hydrogen-bond acceptors (Lipinski definition) is 1. The van der Waals surface area contributed by atoms with E-state index in [0.29, 0.717) is 5.92 Å². The molecule has 0 aromatic heterocycles. The molecule has 0 aromatic carbocycles. The molecule has 1 aliphatic rings. The standard InChI is InChI=1S/C10H20O/c1-3-9-4-6-10(7-5-9)8(2)11/h8-11H,3-7H2,1-2H3. The van der Waals surface area contributed by atoms with Crippen LogP contribution in [-0.2, 0) is 0 Å². The van der Waals surface area contributed by atoms with Crippen molar-refractivity contribution in [3.63, 3.8) is 0 Å². The summed E-state index contributed by atoms with van der Waals surface area (Å²) in [6, 6.07) is 0. The van der Waals surface area contributed by atoms with E-state index in [9.17, 15) is 5.11 Å². The first kappa shape index (κ1) is 9.05. The number of aliphatic hydroxyl groups is 1. The molecule has 0 heterocycles. The van der Waals surface area contributed by atoms with Gasteiger partial charge >= 0.3 is 0 Å². The van der Waals surface area contributed by atoms with Gasteiger partial charge in [-0.1, -0.05) is 26.2 Å². The Hall–Kier alpha value is -0.0400. The Morgan fingerprint density at radius 1 is 1.27 bits per heavy atom. The van der Waals surface area contributed by atoms with Crippen molar-refractivity contribution in [1.29, 1.82) is 0 Å². The first-order valence-electron chi connectivity index (χ1n) is 4.92. The molecular formula is C10H20O. The fraction of sp³-hybridized carbons (Fsp3) is 1.00. The molecule has 1 nitrogen and oxygen atoms in total. The Morgan fingerprint density at radius 2 is 1.82 bits per heavy atom. The minimum Gasteiger partial charge on any atom is -0.393 e. The Labute approximate surface area is 69.8 Å². The molecule has 0 aromatic rings. The minimum absolute atomic E-state index is 0.0761. The Bertz CT molecular complexity index is 101. The average Bonchev–Trinajstić information content (AvgIpc) is 2.05. The van der Waals surface area contributed by atoms with Gasteiger partial charge in [0.05, 0.1) is 6.10 Å². The lowest BCUT2D eigenvalue weighted by atomic mass is 9.79. The number of hydrogen-bond donors (Lipinski definition) is 1. The van der Waals surface area contributed by atoms with Gasteiger partial charge in [-0.05, 0) is 31.6 Å². The van der Waals surface area contributed by atoms with Crippen LogP contribution in [0.25, 0.3) is 0 Å². The van der Waals surface area contributed by atoms with Crippen LogP contribution in [-0.4, -0.2) is 11.2 Å². The normalized spacial score (nSPS) is 35.2. The maximum Gasteiger partial charge on any atom is 0.0540 e. The third-order valence-corrected chi connectivity index (χ3v) is 3.15. The van der Waals surface area contributed by atoms with E-state index in [0.717, 1.165) is 5.92 Å². The first-order chi connectivity index (χ1) is 5.24. The molecule has 1 aliphatic carbocycles. The molecule has 0 amide bonds. The van der Waals surface area contributed by atoms with Crippen molar-refractivity contribution in [3.8, 4) is 0 Å². The van der Waals surface area contributed by atoms with Crippen LogP contribution < -0.4 is 0 Å². The Kier molecular flexibility index (Phi) is 3.38. The summed E-state index contributed by atoms with van der Waals surface area (Å²) in [6.45, 7) is 4.20. The van der Waals surface area contributed by atoms with Gasteiger partial charge < -0.3 is 5.11 Å². The van der Waals surface area contributed by atoms with Crippen LogP contribution in [0.4, 0.5) is 0 Å². The van der Waals surface area contributed by atoms with Crippen LogP contribution >= 0.6 is 0 Å². The highest BCUT2D eigenvalue weighted by molar-refractivity contribution is 4.74. The van der Waals surface area contributed by atoms with Gasteiger partial charge in [0.15, 0.2) is 0 Å². The van der Waals surface area contributed by atoms with Crippen molar-refractivity contribution in [3.05, 3.63) is 0 Å². The lowest BCUT2D eigenvalue weighted by molar-refractivity contribution is 0.0880. The summed E-state index contributed by atoms with van der Waals surface area (Å²) in [4.78, 5) is 0. The molecule has 1 N–H and O–H groups in total. The van der Waals surface area contributed by atoms with E-state index in [1.54, 1.807) is 0 Å². The number of rotatable bonds is 2. The second-order valence-corrected chi connectivity index (χ2v) is 3.93. The summed E-state index contributed by atoms with van der Waals surface area (Å²) in [5.41, 5.74) is 0. The van der Waals surface area contributed by atoms with Crippen molar-refractivity contribution < 1.29 is 5.11 Å². The third-order valence-electron chi connectivity index (χ3n) is 3.15. The summed E-state index contributed by atoms with van der Waals surface area (Å²) >= 11 is 0. The summed E-state index contributed by atoms with van der Waals surface area (Å²) in [7, 11) is 0. The summed E-state index contributed by atoms with van der Waals surface area (Å²) in [6.07, 6.45) is 6.42. The van der Waals surface area contributed by atoms with Crippen molar-refractivity contribution in [2.75, 3.05) is 0 Å². The fourth-order valence-corrected chi connectivity index (χ4v) is 2.08. The van der Waals surface area contributed by atoms with E-state index in [1.165, 1.54) is 32.1 Å². The molecule has 0 spiro atoms. The highest BCUT2D eigenvalue weighted by atomic mass is 16.3. The van der Waals surface area contributed by atoms with E-state index < -0.39 is 0 Å². The fourth-order valence-electron chi connectivity index (χ4n) is 2.08. The number of aliphatic hydroxyl groups excluding tert-OH is 1. The molecule has 0 saturated heterocycles. The van der Waals surface area contributed by atoms with Crippen molar-refractivity contribution in [2.45, 2.75) is 52.1 Å². The molecule has 1 saturated carbocycles. The second-order valence-electron chi connectivity index (χ2n) is 3.93. The average molecular weight is 156 g/mol. The van der Waals surface area contributed by atoms with Gasteiger partial charge in [0.25, 0.3) is 0 Å². The second kappa shape index (κ2) is 4.10. The molecular weight excluding hydrogens is 136 g/mol. The molecule has 1 fully saturated rings. The zero-order valence-corrected chi connectivity index (χ0v) is 7.71. The molecule has 0 radical (unpaired) electrons. The van der Waals surface area contributed by atoms with E-state index in [-0.39, 0.29) is 6.10 Å². The third kappa shape index (κ3) is 2.48. The van der Waals surface area contributed by atoms with Crippen molar-refractivity contribution in [1.82, 2.24) is 0 Å². The predicted molar refractivity (Wildman–Crippen MR) is 47.4 cm³/mol. The SMILES string of the molecule is CCC1CCC(C(C)O)CC1. The Morgan fingerprint density at radius 3 is 2.18 bits per heavy atom. The topological polar surface area (TPSA) is 20.2 Å². The molecule has 0 bridgehead atoms. The van der Waals surface area contributed by atoms with Gasteiger partial charge in [-0.15, -0.1) is 0 Å². The van der Waals surface area contributed by atoms with E-state index in [4.69, 9.17) is 0 Å². The molecule has 66 valence electrons. The van der Waals surface area contributed by atoms with Gasteiger partial charge in [-0.2, -0.15) is 0 Å². The molecule has 1 unspecified atom stereocenters. The van der Waals surface area contributed by atoms with Gasteiger partial charge in [0, 0.05) is 0 Å². The molecule has 1 rings (SSSR count). The van der Waals surface area contributed by atoms with Crippen LogP contribution in [0, 0.1) is 11.8 Å². The Balaban J connectivity index is 2.24. The summed E-state index contributed by atoms with van der Waals surface area (Å²) in [5.74, 6) is 1.54. The quantitative estimate of drug-likeness (QED) is 0.651. The van der Waals surface area contributed by atoms with E-state index in [1.807, 2.05) is 6.92 Å². The van der Waals surface area contributed by atoms with Gasteiger partial charge in [0.2, 0.25) is 0 Å². The van der Waals surface area contributed by atoms with Crippen LogP contribution in [0.15, 0.2) is 0 Å². The highest BCUT2D eigenvalue weighted by Crippen LogP contribution is 2.32. The van der Waals surface area contributed by atoms with Crippen LogP contribution in [0.3, 0.4) is 0 Å². The maximum absolute atomic E-state index is 9.34. The zero-order chi connectivity index (χ0) is 8.27. The summed E-state index contributed by atoms with van der Waals surface area (Å²) < 4.78 is 0. The lowest BCUT2D eigenvalue weighted by Crippen LogP contribution is -2.22. The van der Waals surface area contributed by atoms with Gasteiger partial charge in [-0.25, -0.2) is 0 Å². The molecule has 1 heteroatoms. The highest BCUT2D eigenvalue weighted by Gasteiger charge is 2.22. The molecule has 0 aliphatic heterocycles. The van der Waals surface area contributed by atoms with Crippen LogP contribution in [0.1, 0.15) is 46.0 Å². The monoisotopic (exact) mass is 156 g/mol. The summed E-state index contributed by atoms with van der Waals surface area (Å²) in [5, 5.41) is 9.34. The van der Waals surface area contributed by atoms with Crippen LogP contribution in [0.2, 0.25) is 0 Å². The zero-order valence-electron chi connectivity index (χ0n) is 7.71. The molecule has 1 atom stereocenters. The van der Waals surface area contributed by atoms with Crippen molar-refractivity contribution >= 4 is 0 Å².